The van der Waals surface area contributed by atoms with Crippen molar-refractivity contribution in [3.8, 4) is 0 Å². The van der Waals surface area contributed by atoms with Gasteiger partial charge >= 0.3 is 5.97 Å². The molecule has 0 bridgehead atoms. The van der Waals surface area contributed by atoms with E-state index in [0.717, 1.165) is 24.8 Å². The Morgan fingerprint density at radius 1 is 1.56 bits per heavy atom. The molecule has 1 N–H and O–H groups in total. The minimum Gasteiger partial charge on any atom is -0.481 e. The number of aliphatic carboxylic acids is 1. The standard InChI is InChI=1S/C12H18N2O2/c1-8-3-4-10(12(15)16)11(5-8)9-6-13-14(2)7-9/h6-8,10-11H,3-5H2,1-2H3,(H,15,16). The average molecular weight is 222 g/mol. The maximum Gasteiger partial charge on any atom is 0.307 e. The van der Waals surface area contributed by atoms with Crippen molar-refractivity contribution in [2.75, 3.05) is 0 Å². The van der Waals surface area contributed by atoms with Crippen molar-refractivity contribution in [2.45, 2.75) is 32.1 Å². The first kappa shape index (κ1) is 11.2. The lowest BCUT2D eigenvalue weighted by Crippen LogP contribution is -2.28. The molecule has 0 saturated heterocycles. The fourth-order valence-corrected chi connectivity index (χ4v) is 2.68. The van der Waals surface area contributed by atoms with Crippen molar-refractivity contribution in [3.63, 3.8) is 0 Å². The molecule has 0 spiro atoms. The maximum atomic E-state index is 11.2. The van der Waals surface area contributed by atoms with Gasteiger partial charge in [0.2, 0.25) is 0 Å². The third-order valence-electron chi connectivity index (χ3n) is 3.58. The van der Waals surface area contributed by atoms with Crippen LogP contribution in [0.1, 0.15) is 37.7 Å². The Kier molecular flexibility index (Phi) is 2.99. The molecule has 0 amide bonds. The van der Waals surface area contributed by atoms with Crippen LogP contribution in [0.15, 0.2) is 12.4 Å². The van der Waals surface area contributed by atoms with E-state index in [1.807, 2.05) is 13.2 Å². The number of carboxylic acids is 1. The molecular weight excluding hydrogens is 204 g/mol. The largest absolute Gasteiger partial charge is 0.481 e. The van der Waals surface area contributed by atoms with Crippen molar-refractivity contribution in [2.24, 2.45) is 18.9 Å². The number of carboxylic acid groups (broad SMARTS) is 1. The van der Waals surface area contributed by atoms with E-state index in [-0.39, 0.29) is 11.8 Å². The summed E-state index contributed by atoms with van der Waals surface area (Å²) < 4.78 is 1.74. The normalized spacial score (nSPS) is 30.2. The Balaban J connectivity index is 2.23. The van der Waals surface area contributed by atoms with E-state index in [1.54, 1.807) is 10.9 Å². The summed E-state index contributed by atoms with van der Waals surface area (Å²) in [5.41, 5.74) is 1.07. The van der Waals surface area contributed by atoms with Crippen LogP contribution in [0.25, 0.3) is 0 Å². The van der Waals surface area contributed by atoms with Crippen molar-refractivity contribution in [1.82, 2.24) is 9.78 Å². The van der Waals surface area contributed by atoms with Gasteiger partial charge in [-0.25, -0.2) is 0 Å². The molecule has 1 aliphatic rings. The topological polar surface area (TPSA) is 55.1 Å². The Hall–Kier alpha value is -1.32. The smallest absolute Gasteiger partial charge is 0.307 e. The van der Waals surface area contributed by atoms with Gasteiger partial charge < -0.3 is 5.11 Å². The summed E-state index contributed by atoms with van der Waals surface area (Å²) >= 11 is 0. The number of hydrogen-bond acceptors (Lipinski definition) is 2. The van der Waals surface area contributed by atoms with Crippen molar-refractivity contribution in [3.05, 3.63) is 18.0 Å². The van der Waals surface area contributed by atoms with E-state index in [2.05, 4.69) is 12.0 Å². The third-order valence-corrected chi connectivity index (χ3v) is 3.58. The van der Waals surface area contributed by atoms with Crippen LogP contribution >= 0.6 is 0 Å². The highest BCUT2D eigenvalue weighted by Crippen LogP contribution is 2.40. The summed E-state index contributed by atoms with van der Waals surface area (Å²) in [4.78, 5) is 11.2. The maximum absolute atomic E-state index is 11.2. The fourth-order valence-electron chi connectivity index (χ4n) is 2.68. The molecule has 1 aromatic heterocycles. The highest BCUT2D eigenvalue weighted by Gasteiger charge is 2.35. The average Bonchev–Trinajstić information content (AvgIpc) is 2.64. The predicted molar refractivity (Wildman–Crippen MR) is 60.1 cm³/mol. The third kappa shape index (κ3) is 2.10. The van der Waals surface area contributed by atoms with Crippen LogP contribution in [0.4, 0.5) is 0 Å². The second-order valence-corrected chi connectivity index (χ2v) is 4.92. The molecule has 1 aliphatic carbocycles. The molecule has 0 aromatic carbocycles. The quantitative estimate of drug-likeness (QED) is 0.833. The van der Waals surface area contributed by atoms with Gasteiger partial charge in [-0.1, -0.05) is 6.92 Å². The summed E-state index contributed by atoms with van der Waals surface area (Å²) in [6, 6.07) is 0. The van der Waals surface area contributed by atoms with Crippen LogP contribution < -0.4 is 0 Å². The van der Waals surface area contributed by atoms with E-state index < -0.39 is 5.97 Å². The zero-order valence-electron chi connectivity index (χ0n) is 9.76. The van der Waals surface area contributed by atoms with E-state index in [4.69, 9.17) is 0 Å². The number of nitrogens with zero attached hydrogens (tertiary/aromatic N) is 2. The van der Waals surface area contributed by atoms with Crippen molar-refractivity contribution < 1.29 is 9.90 Å². The van der Waals surface area contributed by atoms with Gasteiger partial charge in [0.1, 0.15) is 0 Å². The van der Waals surface area contributed by atoms with Crippen LogP contribution in [0, 0.1) is 11.8 Å². The Morgan fingerprint density at radius 2 is 2.31 bits per heavy atom. The molecule has 1 aromatic rings. The number of aromatic nitrogens is 2. The van der Waals surface area contributed by atoms with Crippen molar-refractivity contribution in [1.29, 1.82) is 0 Å². The summed E-state index contributed by atoms with van der Waals surface area (Å²) in [5.74, 6) is -0.156. The van der Waals surface area contributed by atoms with Gasteiger partial charge in [-0.3, -0.25) is 9.48 Å². The first-order valence-corrected chi connectivity index (χ1v) is 5.79. The van der Waals surface area contributed by atoms with Crippen molar-refractivity contribution >= 4 is 5.97 Å². The van der Waals surface area contributed by atoms with Gasteiger partial charge in [-0.2, -0.15) is 5.10 Å². The SMILES string of the molecule is CC1CCC(C(=O)O)C(c2cnn(C)c2)C1. The summed E-state index contributed by atoms with van der Waals surface area (Å²) in [6.07, 6.45) is 6.52. The molecule has 4 nitrogen and oxygen atoms in total. The molecule has 1 saturated carbocycles. The predicted octanol–water partition coefficient (Wildman–Crippen LogP) is 2.02. The molecule has 1 fully saturated rings. The second kappa shape index (κ2) is 4.28. The minimum atomic E-state index is -0.666. The number of carbonyl (C=O) groups is 1. The fraction of sp³-hybridized carbons (Fsp3) is 0.667. The molecule has 3 atom stereocenters. The Bertz CT molecular complexity index is 386. The van der Waals surface area contributed by atoms with Gasteiger partial charge in [0.15, 0.2) is 0 Å². The zero-order valence-corrected chi connectivity index (χ0v) is 9.76. The number of aryl methyl sites for hydroxylation is 1. The first-order chi connectivity index (χ1) is 7.58. The lowest BCUT2D eigenvalue weighted by atomic mass is 9.72. The van der Waals surface area contributed by atoms with E-state index in [0.29, 0.717) is 5.92 Å². The number of rotatable bonds is 2. The Labute approximate surface area is 95.3 Å². The molecule has 4 heteroatoms. The Morgan fingerprint density at radius 3 is 2.88 bits per heavy atom. The summed E-state index contributed by atoms with van der Waals surface area (Å²) in [6.45, 7) is 2.20. The molecule has 0 radical (unpaired) electrons. The van der Waals surface area contributed by atoms with Gasteiger partial charge in [0.05, 0.1) is 12.1 Å². The molecule has 88 valence electrons. The first-order valence-electron chi connectivity index (χ1n) is 5.79. The molecule has 16 heavy (non-hydrogen) atoms. The lowest BCUT2D eigenvalue weighted by Gasteiger charge is -2.31. The number of hydrogen-bond donors (Lipinski definition) is 1. The van der Waals surface area contributed by atoms with E-state index in [1.165, 1.54) is 0 Å². The van der Waals surface area contributed by atoms with Gasteiger partial charge in [0, 0.05) is 19.2 Å². The molecule has 1 heterocycles. The summed E-state index contributed by atoms with van der Waals surface area (Å²) in [5, 5.41) is 13.4. The monoisotopic (exact) mass is 222 g/mol. The lowest BCUT2D eigenvalue weighted by molar-refractivity contribution is -0.143. The molecule has 0 aliphatic heterocycles. The van der Waals surface area contributed by atoms with Crippen LogP contribution in [-0.4, -0.2) is 20.9 Å². The van der Waals surface area contributed by atoms with Crippen LogP contribution in [0.3, 0.4) is 0 Å². The molecular formula is C12H18N2O2. The minimum absolute atomic E-state index is 0.134. The summed E-state index contributed by atoms with van der Waals surface area (Å²) in [7, 11) is 1.87. The van der Waals surface area contributed by atoms with Gasteiger partial charge in [0.25, 0.3) is 0 Å². The second-order valence-electron chi connectivity index (χ2n) is 4.92. The van der Waals surface area contributed by atoms with Gasteiger partial charge in [-0.05, 0) is 30.7 Å². The highest BCUT2D eigenvalue weighted by molar-refractivity contribution is 5.71. The van der Waals surface area contributed by atoms with Crippen LogP contribution in [0.5, 0.6) is 0 Å². The molecule has 3 unspecified atom stereocenters. The van der Waals surface area contributed by atoms with Crippen LogP contribution in [0.2, 0.25) is 0 Å². The van der Waals surface area contributed by atoms with Crippen LogP contribution in [-0.2, 0) is 11.8 Å². The van der Waals surface area contributed by atoms with Gasteiger partial charge in [-0.15, -0.1) is 0 Å². The zero-order chi connectivity index (χ0) is 11.7. The van der Waals surface area contributed by atoms with E-state index in [9.17, 15) is 9.90 Å². The highest BCUT2D eigenvalue weighted by atomic mass is 16.4. The molecule has 2 rings (SSSR count). The van der Waals surface area contributed by atoms with E-state index >= 15 is 0 Å².